The van der Waals surface area contributed by atoms with Crippen LogP contribution in [0.1, 0.15) is 31.1 Å². The molecule has 1 saturated carbocycles. The van der Waals surface area contributed by atoms with Gasteiger partial charge >= 0.3 is 6.03 Å². The van der Waals surface area contributed by atoms with Crippen LogP contribution in [-0.2, 0) is 0 Å². The smallest absolute Gasteiger partial charge is 0.323 e. The van der Waals surface area contributed by atoms with Crippen molar-refractivity contribution in [2.45, 2.75) is 25.2 Å². The predicted octanol–water partition coefficient (Wildman–Crippen LogP) is 5.31. The normalized spacial score (nSPS) is 13.6. The highest BCUT2D eigenvalue weighted by Gasteiger charge is 2.25. The molecular formula is C20H19ClN4O3. The lowest BCUT2D eigenvalue weighted by Gasteiger charge is -2.20. The van der Waals surface area contributed by atoms with Crippen molar-refractivity contribution < 1.29 is 14.1 Å². The molecule has 1 aromatic heterocycles. The van der Waals surface area contributed by atoms with Gasteiger partial charge < -0.3 is 19.9 Å². The molecule has 0 unspecified atom stereocenters. The van der Waals surface area contributed by atoms with Gasteiger partial charge in [0.05, 0.1) is 12.1 Å². The topological polar surface area (TPSA) is 89.3 Å². The van der Waals surface area contributed by atoms with E-state index < -0.39 is 0 Å². The van der Waals surface area contributed by atoms with Crippen LogP contribution in [0, 0.1) is 0 Å². The van der Waals surface area contributed by atoms with Crippen LogP contribution in [0.2, 0.25) is 5.02 Å². The van der Waals surface area contributed by atoms with Gasteiger partial charge in [0.2, 0.25) is 11.7 Å². The Morgan fingerprint density at radius 3 is 2.50 bits per heavy atom. The van der Waals surface area contributed by atoms with Gasteiger partial charge in [-0.25, -0.2) is 4.79 Å². The molecule has 1 aliphatic carbocycles. The van der Waals surface area contributed by atoms with E-state index in [4.69, 9.17) is 20.9 Å². The van der Waals surface area contributed by atoms with Crippen molar-refractivity contribution in [3.05, 3.63) is 53.4 Å². The zero-order valence-electron chi connectivity index (χ0n) is 15.2. The molecule has 8 heteroatoms. The Bertz CT molecular complexity index is 983. The number of halogens is 1. The van der Waals surface area contributed by atoms with Crippen LogP contribution in [0.3, 0.4) is 0 Å². The van der Waals surface area contributed by atoms with Crippen molar-refractivity contribution >= 4 is 29.0 Å². The summed E-state index contributed by atoms with van der Waals surface area (Å²) in [5, 5.41) is 9.97. The molecule has 2 N–H and O–H groups in total. The fourth-order valence-electron chi connectivity index (χ4n) is 2.91. The van der Waals surface area contributed by atoms with Crippen LogP contribution < -0.4 is 15.4 Å². The molecule has 1 heterocycles. The number of hydrogen-bond donors (Lipinski definition) is 2. The third kappa shape index (κ3) is 3.94. The van der Waals surface area contributed by atoms with Crippen LogP contribution in [0.5, 0.6) is 5.75 Å². The number of methoxy groups -OCH3 is 1. The van der Waals surface area contributed by atoms with Crippen LogP contribution in [0.15, 0.2) is 47.0 Å². The van der Waals surface area contributed by atoms with Crippen LogP contribution >= 0.6 is 11.6 Å². The minimum absolute atomic E-state index is 0.374. The van der Waals surface area contributed by atoms with Gasteiger partial charge in [-0.2, -0.15) is 4.98 Å². The molecule has 0 radical (unpaired) electrons. The number of benzene rings is 2. The van der Waals surface area contributed by atoms with Gasteiger partial charge in [-0.15, -0.1) is 0 Å². The van der Waals surface area contributed by atoms with E-state index in [0.29, 0.717) is 39.8 Å². The molecule has 0 bridgehead atoms. The molecule has 0 atom stereocenters. The maximum atomic E-state index is 12.2. The molecule has 0 spiro atoms. The van der Waals surface area contributed by atoms with E-state index in [0.717, 1.165) is 18.4 Å². The number of urea groups is 1. The molecule has 2 amide bonds. The van der Waals surface area contributed by atoms with Crippen molar-refractivity contribution in [2.75, 3.05) is 17.7 Å². The first-order chi connectivity index (χ1) is 13.6. The first-order valence-electron chi connectivity index (χ1n) is 8.98. The highest BCUT2D eigenvalue weighted by Crippen LogP contribution is 2.36. The van der Waals surface area contributed by atoms with E-state index in [-0.39, 0.29) is 6.03 Å². The summed E-state index contributed by atoms with van der Waals surface area (Å²) in [7, 11) is 1.54. The lowest BCUT2D eigenvalue weighted by molar-refractivity contribution is 0.262. The number of nitrogens with one attached hydrogen (secondary N) is 2. The maximum absolute atomic E-state index is 12.2. The predicted molar refractivity (Wildman–Crippen MR) is 107 cm³/mol. The maximum Gasteiger partial charge on any atom is 0.323 e. The lowest BCUT2D eigenvalue weighted by atomic mass is 9.85. The first-order valence-corrected chi connectivity index (χ1v) is 9.36. The van der Waals surface area contributed by atoms with E-state index in [1.54, 1.807) is 30.3 Å². The molecule has 1 fully saturated rings. The number of aromatic nitrogens is 2. The summed E-state index contributed by atoms with van der Waals surface area (Å²) in [6.07, 6.45) is 3.44. The van der Waals surface area contributed by atoms with Gasteiger partial charge in [-0.05, 0) is 55.3 Å². The summed E-state index contributed by atoms with van der Waals surface area (Å²) >= 11 is 6.07. The average Bonchev–Trinajstić information content (AvgIpc) is 3.10. The molecule has 4 rings (SSSR count). The zero-order valence-corrected chi connectivity index (χ0v) is 16.0. The molecule has 1 aliphatic rings. The Kier molecular flexibility index (Phi) is 5.16. The summed E-state index contributed by atoms with van der Waals surface area (Å²) in [6, 6.07) is 11.9. The van der Waals surface area contributed by atoms with E-state index in [9.17, 15) is 4.79 Å². The standard InChI is InChI=1S/C20H19ClN4O3/c1-27-17-10-9-15(11-16(17)21)23-20(26)22-14-7-5-12(6-8-14)18-24-19(28-25-18)13-3-2-4-13/h5-11,13H,2-4H2,1H3,(H2,22,23,26). The van der Waals surface area contributed by atoms with E-state index in [1.165, 1.54) is 13.5 Å². The van der Waals surface area contributed by atoms with Crippen molar-refractivity contribution in [3.63, 3.8) is 0 Å². The van der Waals surface area contributed by atoms with E-state index in [1.807, 2.05) is 12.1 Å². The van der Waals surface area contributed by atoms with Gasteiger partial charge in [0, 0.05) is 22.9 Å². The summed E-state index contributed by atoms with van der Waals surface area (Å²) in [6.45, 7) is 0. The van der Waals surface area contributed by atoms with Crippen LogP contribution in [0.4, 0.5) is 16.2 Å². The third-order valence-corrected chi connectivity index (χ3v) is 5.00. The summed E-state index contributed by atoms with van der Waals surface area (Å²) < 4.78 is 10.4. The average molecular weight is 399 g/mol. The first kappa shape index (κ1) is 18.3. The molecule has 2 aromatic carbocycles. The largest absolute Gasteiger partial charge is 0.495 e. The van der Waals surface area contributed by atoms with Gasteiger partial charge in [-0.1, -0.05) is 23.2 Å². The number of amides is 2. The fourth-order valence-corrected chi connectivity index (χ4v) is 3.17. The number of rotatable bonds is 5. The number of ether oxygens (including phenoxy) is 1. The number of nitrogens with zero attached hydrogens (tertiary/aromatic N) is 2. The molecule has 0 aliphatic heterocycles. The summed E-state index contributed by atoms with van der Waals surface area (Å²) in [4.78, 5) is 16.7. The fraction of sp³-hybridized carbons (Fsp3) is 0.250. The van der Waals surface area contributed by atoms with Crippen molar-refractivity contribution in [1.82, 2.24) is 10.1 Å². The number of anilines is 2. The number of hydrogen-bond acceptors (Lipinski definition) is 5. The molecule has 0 saturated heterocycles. The molecule has 3 aromatic rings. The Balaban J connectivity index is 1.38. The molecule has 144 valence electrons. The SMILES string of the molecule is COc1ccc(NC(=O)Nc2ccc(-c3noc(C4CCC4)n3)cc2)cc1Cl. The second kappa shape index (κ2) is 7.90. The van der Waals surface area contributed by atoms with Crippen LogP contribution in [0.25, 0.3) is 11.4 Å². The number of carbonyl (C=O) groups excluding carboxylic acids is 1. The van der Waals surface area contributed by atoms with Crippen molar-refractivity contribution in [2.24, 2.45) is 0 Å². The minimum atomic E-state index is -0.374. The van der Waals surface area contributed by atoms with Gasteiger partial charge in [0.25, 0.3) is 0 Å². The van der Waals surface area contributed by atoms with E-state index >= 15 is 0 Å². The van der Waals surface area contributed by atoms with Crippen molar-refractivity contribution in [1.29, 1.82) is 0 Å². The number of carbonyl (C=O) groups is 1. The lowest BCUT2D eigenvalue weighted by Crippen LogP contribution is -2.19. The van der Waals surface area contributed by atoms with Gasteiger partial charge in [0.15, 0.2) is 0 Å². The second-order valence-corrected chi connectivity index (χ2v) is 7.00. The van der Waals surface area contributed by atoms with Crippen molar-refractivity contribution in [3.8, 4) is 17.1 Å². The summed E-state index contributed by atoms with van der Waals surface area (Å²) in [5.41, 5.74) is 2.04. The third-order valence-electron chi connectivity index (χ3n) is 4.71. The molecule has 7 nitrogen and oxygen atoms in total. The molecular weight excluding hydrogens is 380 g/mol. The Morgan fingerprint density at radius 1 is 1.14 bits per heavy atom. The second-order valence-electron chi connectivity index (χ2n) is 6.59. The quantitative estimate of drug-likeness (QED) is 0.607. The Morgan fingerprint density at radius 2 is 1.86 bits per heavy atom. The summed E-state index contributed by atoms with van der Waals surface area (Å²) in [5.74, 6) is 2.22. The van der Waals surface area contributed by atoms with Crippen LogP contribution in [-0.4, -0.2) is 23.3 Å². The van der Waals surface area contributed by atoms with Gasteiger partial charge in [-0.3, -0.25) is 0 Å². The van der Waals surface area contributed by atoms with E-state index in [2.05, 4.69) is 20.8 Å². The monoisotopic (exact) mass is 398 g/mol. The Hall–Kier alpha value is -3.06. The zero-order chi connectivity index (χ0) is 19.5. The highest BCUT2D eigenvalue weighted by molar-refractivity contribution is 6.32. The molecule has 28 heavy (non-hydrogen) atoms. The minimum Gasteiger partial charge on any atom is -0.495 e. The Labute approximate surface area is 167 Å². The highest BCUT2D eigenvalue weighted by atomic mass is 35.5. The van der Waals surface area contributed by atoms with Gasteiger partial charge in [0.1, 0.15) is 5.75 Å².